The molecule has 0 rings (SSSR count). The van der Waals surface area contributed by atoms with E-state index < -0.39 is 31.5 Å². The van der Waals surface area contributed by atoms with Crippen molar-refractivity contribution >= 4 is 0 Å². The molecular weight excluding hydrogens is 552 g/mol. The molecule has 0 heterocycles. The van der Waals surface area contributed by atoms with Gasteiger partial charge in [-0.05, 0) is 64.2 Å². The fourth-order valence-electron chi connectivity index (χ4n) is 1.98. The molecule has 12 heteroatoms. The summed E-state index contributed by atoms with van der Waals surface area (Å²) in [7, 11) is 0. The Bertz CT molecular complexity index is 345. The third kappa shape index (κ3) is 90.0. The van der Waals surface area contributed by atoms with E-state index in [2.05, 4.69) is 0 Å². The van der Waals surface area contributed by atoms with Crippen LogP contribution >= 0.6 is 0 Å². The van der Waals surface area contributed by atoms with E-state index in [0.717, 1.165) is 64.2 Å². The molecule has 264 valence electrons. The van der Waals surface area contributed by atoms with Crippen molar-refractivity contribution in [2.24, 2.45) is 5.41 Å². The highest BCUT2D eigenvalue weighted by molar-refractivity contribution is 4.63. The third-order valence-electron chi connectivity index (χ3n) is 4.94. The van der Waals surface area contributed by atoms with Gasteiger partial charge in [-0.3, -0.25) is 0 Å². The van der Waals surface area contributed by atoms with E-state index in [-0.39, 0.29) is 18.6 Å². The van der Waals surface area contributed by atoms with Crippen molar-refractivity contribution in [1.29, 1.82) is 0 Å². The molecule has 0 aliphatic heterocycles. The largest absolute Gasteiger partial charge is 0.396 e. The van der Waals surface area contributed by atoms with Gasteiger partial charge in [0.1, 0.15) is 0 Å². The maximum Gasteiger partial charge on any atom is 0.151 e. The Labute approximate surface area is 256 Å². The zero-order valence-electron chi connectivity index (χ0n) is 27.8. The minimum absolute atomic E-state index is 0.0451. The average Bonchev–Trinajstić information content (AvgIpc) is 2.93. The van der Waals surface area contributed by atoms with E-state index in [0.29, 0.717) is 32.1 Å². The molecule has 12 N–H and O–H groups in total. The van der Waals surface area contributed by atoms with Gasteiger partial charge in [-0.2, -0.15) is 0 Å². The molecule has 0 saturated carbocycles. The molecule has 0 aromatic rings. The second kappa shape index (κ2) is 45.0. The van der Waals surface area contributed by atoms with Crippen LogP contribution in [0.25, 0.3) is 0 Å². The topological polar surface area (TPSA) is 243 Å². The predicted molar refractivity (Wildman–Crippen MR) is 167 cm³/mol. The summed E-state index contributed by atoms with van der Waals surface area (Å²) in [5.74, 6) is 0. The fraction of sp³-hybridized carbons (Fsp3) is 1.00. The Morgan fingerprint density at radius 2 is 0.500 bits per heavy atom. The van der Waals surface area contributed by atoms with Crippen LogP contribution in [0.4, 0.5) is 0 Å². The monoisotopic (exact) mass is 625 g/mol. The molecule has 0 radical (unpaired) electrons. The van der Waals surface area contributed by atoms with Crippen LogP contribution in [0, 0.1) is 5.41 Å². The van der Waals surface area contributed by atoms with Crippen molar-refractivity contribution < 1.29 is 61.3 Å². The van der Waals surface area contributed by atoms with Gasteiger partial charge in [-0.15, -0.1) is 0 Å². The van der Waals surface area contributed by atoms with Gasteiger partial charge < -0.3 is 61.3 Å². The first-order valence-electron chi connectivity index (χ1n) is 15.5. The number of rotatable bonds is 17. The number of unbranched alkanes of at least 4 members (excludes halogenated alkanes) is 5. The Kier molecular flexibility index (Phi) is 57.8. The van der Waals surface area contributed by atoms with Crippen LogP contribution in [-0.4, -0.2) is 106 Å². The molecule has 0 aromatic carbocycles. The van der Waals surface area contributed by atoms with Crippen molar-refractivity contribution in [1.82, 2.24) is 0 Å². The first kappa shape index (κ1) is 54.0. The smallest absolute Gasteiger partial charge is 0.151 e. The molecule has 0 aromatic heterocycles. The van der Waals surface area contributed by atoms with Crippen LogP contribution in [0.2, 0.25) is 0 Å². The highest BCUT2D eigenvalue weighted by Gasteiger charge is 2.13. The molecule has 42 heavy (non-hydrogen) atoms. The van der Waals surface area contributed by atoms with E-state index in [1.165, 1.54) is 0 Å². The summed E-state index contributed by atoms with van der Waals surface area (Å²) in [5, 5.41) is 99.3. The van der Waals surface area contributed by atoms with Gasteiger partial charge in [0.2, 0.25) is 0 Å². The van der Waals surface area contributed by atoms with Crippen LogP contribution in [0.1, 0.15) is 145 Å². The summed E-state index contributed by atoms with van der Waals surface area (Å²) in [4.78, 5) is 0. The lowest BCUT2D eigenvalue weighted by Gasteiger charge is -2.16. The highest BCUT2D eigenvalue weighted by atomic mass is 16.5. The summed E-state index contributed by atoms with van der Waals surface area (Å²) in [6, 6.07) is 0. The van der Waals surface area contributed by atoms with Crippen LogP contribution < -0.4 is 0 Å². The predicted octanol–water partition coefficient (Wildman–Crippen LogP) is 2.43. The van der Waals surface area contributed by atoms with E-state index in [1.807, 2.05) is 34.6 Å². The van der Waals surface area contributed by atoms with Crippen molar-refractivity contribution in [3.05, 3.63) is 0 Å². The van der Waals surface area contributed by atoms with Crippen LogP contribution in [0.3, 0.4) is 0 Å². The van der Waals surface area contributed by atoms with Crippen LogP contribution in [-0.2, 0) is 0 Å². The van der Waals surface area contributed by atoms with Crippen LogP contribution in [0.5, 0.6) is 0 Å². The molecule has 0 aliphatic carbocycles. The maximum absolute atomic E-state index is 8.43. The summed E-state index contributed by atoms with van der Waals surface area (Å²) in [6.45, 7) is 13.8. The van der Waals surface area contributed by atoms with Gasteiger partial charge in [-0.1, -0.05) is 80.6 Å². The Hall–Kier alpha value is -0.480. The van der Waals surface area contributed by atoms with Gasteiger partial charge in [0.25, 0.3) is 0 Å². The Balaban J connectivity index is -0.0000000926. The Morgan fingerprint density at radius 1 is 0.357 bits per heavy atom. The maximum atomic E-state index is 8.43. The summed E-state index contributed by atoms with van der Waals surface area (Å²) in [5.41, 5.74) is -0.306. The zero-order valence-corrected chi connectivity index (χ0v) is 27.8. The zero-order chi connectivity index (χ0) is 34.4. The van der Waals surface area contributed by atoms with E-state index in [9.17, 15) is 0 Å². The lowest BCUT2D eigenvalue weighted by atomic mass is 9.97. The third-order valence-corrected chi connectivity index (χ3v) is 4.94. The fourth-order valence-corrected chi connectivity index (χ4v) is 1.98. The lowest BCUT2D eigenvalue weighted by molar-refractivity contribution is -0.0469. The van der Waals surface area contributed by atoms with Crippen molar-refractivity contribution in [3.8, 4) is 0 Å². The van der Waals surface area contributed by atoms with Crippen LogP contribution in [0.15, 0.2) is 0 Å². The normalized spacial score (nSPS) is 10.6. The number of aliphatic hydroxyl groups excluding tert-OH is 7. The highest BCUT2D eigenvalue weighted by Crippen LogP contribution is 2.10. The minimum atomic E-state index is -1.10. The van der Waals surface area contributed by atoms with E-state index in [4.69, 9.17) is 61.3 Å². The Morgan fingerprint density at radius 3 is 0.524 bits per heavy atom. The quantitative estimate of drug-likeness (QED) is 0.104. The first-order chi connectivity index (χ1) is 19.5. The number of hydrogen-bond donors (Lipinski definition) is 12. The second-order valence-corrected chi connectivity index (χ2v) is 10.6. The minimum Gasteiger partial charge on any atom is -0.396 e. The molecule has 0 saturated heterocycles. The standard InChI is InChI=1S/6C5H12O2/c1-5(2,3-6)4-7;5*1-2-3-4-5(6)7/h6-7H,3-4H2,1-2H3;5*5-7H,2-4H2,1H3. The van der Waals surface area contributed by atoms with Gasteiger partial charge in [-0.25, -0.2) is 0 Å². The van der Waals surface area contributed by atoms with Gasteiger partial charge in [0, 0.05) is 5.41 Å². The average molecular weight is 625 g/mol. The van der Waals surface area contributed by atoms with Gasteiger partial charge in [0.15, 0.2) is 31.5 Å². The second-order valence-electron chi connectivity index (χ2n) is 10.6. The molecule has 0 aliphatic rings. The number of aliphatic hydroxyl groups is 12. The number of hydrogen-bond acceptors (Lipinski definition) is 12. The van der Waals surface area contributed by atoms with Crippen molar-refractivity contribution in [2.45, 2.75) is 176 Å². The molecule has 0 amide bonds. The van der Waals surface area contributed by atoms with Crippen molar-refractivity contribution in [3.63, 3.8) is 0 Å². The SMILES string of the molecule is CC(C)(CO)CO.CCCCC(O)O.CCCCC(O)O.CCCCC(O)O.CCCCC(O)O.CCCCC(O)O. The molecule has 0 spiro atoms. The summed E-state index contributed by atoms with van der Waals surface area (Å²) >= 11 is 0. The van der Waals surface area contributed by atoms with Gasteiger partial charge >= 0.3 is 0 Å². The van der Waals surface area contributed by atoms with Gasteiger partial charge in [0.05, 0.1) is 13.2 Å². The molecule has 0 fully saturated rings. The first-order valence-corrected chi connectivity index (χ1v) is 15.5. The molecule has 0 bridgehead atoms. The molecule has 0 unspecified atom stereocenters. The molecular formula is C30H72O12. The molecule has 12 nitrogen and oxygen atoms in total. The van der Waals surface area contributed by atoms with E-state index >= 15 is 0 Å². The van der Waals surface area contributed by atoms with E-state index in [1.54, 1.807) is 13.8 Å². The summed E-state index contributed by atoms with van der Waals surface area (Å²) < 4.78 is 0. The lowest BCUT2D eigenvalue weighted by Crippen LogP contribution is -2.20. The summed E-state index contributed by atoms with van der Waals surface area (Å²) in [6.07, 6.45) is 6.70. The van der Waals surface area contributed by atoms with Crippen molar-refractivity contribution in [2.75, 3.05) is 13.2 Å². The molecule has 0 atom stereocenters.